The van der Waals surface area contributed by atoms with E-state index in [0.717, 1.165) is 28.8 Å². The van der Waals surface area contributed by atoms with Gasteiger partial charge in [-0.05, 0) is 79.5 Å². The van der Waals surface area contributed by atoms with E-state index >= 15 is 0 Å². The second-order valence-corrected chi connectivity index (χ2v) is 8.78. The molecular weight excluding hydrogens is 352 g/mol. The molecule has 0 amide bonds. The Labute approximate surface area is 164 Å². The lowest BCUT2D eigenvalue weighted by atomic mass is 9.90. The van der Waals surface area contributed by atoms with E-state index in [2.05, 4.69) is 44.2 Å². The van der Waals surface area contributed by atoms with Gasteiger partial charge in [-0.15, -0.1) is 11.3 Å². The second-order valence-electron chi connectivity index (χ2n) is 7.64. The molecular formula is C24H24O2S. The Hall–Kier alpha value is -2.39. The van der Waals surface area contributed by atoms with Crippen LogP contribution in [0.25, 0.3) is 11.1 Å². The number of benzene rings is 2. The molecule has 4 rings (SSSR count). The molecule has 138 valence electrons. The summed E-state index contributed by atoms with van der Waals surface area (Å²) < 4.78 is 5.72. The first-order valence-electron chi connectivity index (χ1n) is 9.51. The van der Waals surface area contributed by atoms with Crippen LogP contribution in [0.3, 0.4) is 0 Å². The van der Waals surface area contributed by atoms with Crippen LogP contribution in [-0.2, 0) is 12.8 Å². The van der Waals surface area contributed by atoms with Gasteiger partial charge in [0.2, 0.25) is 0 Å². The molecule has 3 aromatic rings. The fourth-order valence-electron chi connectivity index (χ4n) is 3.65. The molecule has 1 aromatic heterocycles. The Kier molecular flexibility index (Phi) is 4.88. The fraction of sp³-hybridized carbons (Fsp3) is 0.292. The highest BCUT2D eigenvalue weighted by atomic mass is 32.1. The standard InChI is InChI=1S/C24H24O2S/c1-15-4-7-18(8-5-15)19-9-10-21(17(3)13-19)26-24(25)23-14-20-12-16(2)6-11-22(20)27-23/h4-5,7-10,13-14,16H,6,11-12H2,1-3H3/t16-/m1/s1. The van der Waals surface area contributed by atoms with Gasteiger partial charge in [0.1, 0.15) is 10.6 Å². The number of carbonyl (C=O) groups is 1. The topological polar surface area (TPSA) is 26.3 Å². The van der Waals surface area contributed by atoms with Crippen molar-refractivity contribution in [1.82, 2.24) is 0 Å². The number of hydrogen-bond donors (Lipinski definition) is 0. The van der Waals surface area contributed by atoms with Crippen LogP contribution in [0.4, 0.5) is 0 Å². The van der Waals surface area contributed by atoms with E-state index in [-0.39, 0.29) is 5.97 Å². The van der Waals surface area contributed by atoms with Gasteiger partial charge >= 0.3 is 5.97 Å². The summed E-state index contributed by atoms with van der Waals surface area (Å²) in [5.41, 5.74) is 5.84. The molecule has 0 N–H and O–H groups in total. The first-order valence-corrected chi connectivity index (χ1v) is 10.3. The highest BCUT2D eigenvalue weighted by Gasteiger charge is 2.22. The third-order valence-electron chi connectivity index (χ3n) is 5.29. The summed E-state index contributed by atoms with van der Waals surface area (Å²) in [6, 6.07) is 16.5. The number of thiophene rings is 1. The Morgan fingerprint density at radius 2 is 1.78 bits per heavy atom. The van der Waals surface area contributed by atoms with Gasteiger partial charge in [0.05, 0.1) is 0 Å². The molecule has 1 aliphatic rings. The highest BCUT2D eigenvalue weighted by Crippen LogP contribution is 2.33. The Morgan fingerprint density at radius 1 is 1.04 bits per heavy atom. The Morgan fingerprint density at radius 3 is 2.52 bits per heavy atom. The van der Waals surface area contributed by atoms with Crippen LogP contribution in [0.5, 0.6) is 5.75 Å². The van der Waals surface area contributed by atoms with E-state index in [0.29, 0.717) is 11.7 Å². The average molecular weight is 377 g/mol. The van der Waals surface area contributed by atoms with Gasteiger partial charge in [-0.25, -0.2) is 4.79 Å². The maximum atomic E-state index is 12.6. The third-order valence-corrected chi connectivity index (χ3v) is 6.51. The Balaban J connectivity index is 1.52. The maximum absolute atomic E-state index is 12.6. The number of esters is 1. The van der Waals surface area contributed by atoms with Crippen LogP contribution < -0.4 is 4.74 Å². The van der Waals surface area contributed by atoms with Gasteiger partial charge in [0.25, 0.3) is 0 Å². The minimum absolute atomic E-state index is 0.242. The van der Waals surface area contributed by atoms with Crippen molar-refractivity contribution in [3.8, 4) is 16.9 Å². The van der Waals surface area contributed by atoms with Crippen LogP contribution in [0.2, 0.25) is 0 Å². The molecule has 0 unspecified atom stereocenters. The van der Waals surface area contributed by atoms with Gasteiger partial charge in [0, 0.05) is 4.88 Å². The van der Waals surface area contributed by atoms with Crippen LogP contribution in [0.15, 0.2) is 48.5 Å². The van der Waals surface area contributed by atoms with Crippen molar-refractivity contribution in [2.75, 3.05) is 0 Å². The first-order chi connectivity index (χ1) is 13.0. The first kappa shape index (κ1) is 18.0. The minimum Gasteiger partial charge on any atom is -0.422 e. The SMILES string of the molecule is Cc1ccc(-c2ccc(OC(=O)c3cc4c(s3)CC[C@@H](C)C4)c(C)c2)cc1. The highest BCUT2D eigenvalue weighted by molar-refractivity contribution is 7.14. The monoisotopic (exact) mass is 376 g/mol. The van der Waals surface area contributed by atoms with Gasteiger partial charge in [-0.2, -0.15) is 0 Å². The zero-order valence-corrected chi connectivity index (χ0v) is 16.9. The van der Waals surface area contributed by atoms with Crippen molar-refractivity contribution in [2.45, 2.75) is 40.0 Å². The average Bonchev–Trinajstić information content (AvgIpc) is 3.07. The van der Waals surface area contributed by atoms with E-state index in [9.17, 15) is 4.79 Å². The lowest BCUT2D eigenvalue weighted by Crippen LogP contribution is -2.08. The molecule has 0 aliphatic heterocycles. The molecule has 1 aliphatic carbocycles. The van der Waals surface area contributed by atoms with E-state index in [1.807, 2.05) is 25.1 Å². The molecule has 1 atom stereocenters. The summed E-state index contributed by atoms with van der Waals surface area (Å²) >= 11 is 1.60. The molecule has 27 heavy (non-hydrogen) atoms. The van der Waals surface area contributed by atoms with Crippen LogP contribution in [0, 0.1) is 19.8 Å². The normalized spacial score (nSPS) is 16.0. The zero-order chi connectivity index (χ0) is 19.0. The van der Waals surface area contributed by atoms with Crippen molar-refractivity contribution in [3.63, 3.8) is 0 Å². The number of aryl methyl sites for hydroxylation is 3. The molecule has 0 saturated carbocycles. The third kappa shape index (κ3) is 3.84. The van der Waals surface area contributed by atoms with Gasteiger partial charge < -0.3 is 4.74 Å². The second kappa shape index (κ2) is 7.32. The molecule has 0 saturated heterocycles. The van der Waals surface area contributed by atoms with E-state index < -0.39 is 0 Å². The maximum Gasteiger partial charge on any atom is 0.353 e. The number of hydrogen-bond acceptors (Lipinski definition) is 3. The van der Waals surface area contributed by atoms with Crippen molar-refractivity contribution in [3.05, 3.63) is 75.0 Å². The molecule has 0 radical (unpaired) electrons. The largest absolute Gasteiger partial charge is 0.422 e. The fourth-order valence-corrected chi connectivity index (χ4v) is 4.73. The lowest BCUT2D eigenvalue weighted by Gasteiger charge is -2.16. The predicted molar refractivity (Wildman–Crippen MR) is 112 cm³/mol. The van der Waals surface area contributed by atoms with Gasteiger partial charge in [0.15, 0.2) is 0 Å². The summed E-state index contributed by atoms with van der Waals surface area (Å²) in [5, 5.41) is 0. The summed E-state index contributed by atoms with van der Waals surface area (Å²) in [6.07, 6.45) is 3.36. The Bertz CT molecular complexity index is 982. The van der Waals surface area contributed by atoms with Crippen molar-refractivity contribution in [1.29, 1.82) is 0 Å². The molecule has 2 nitrogen and oxygen atoms in total. The number of rotatable bonds is 3. The smallest absolute Gasteiger partial charge is 0.353 e. The summed E-state index contributed by atoms with van der Waals surface area (Å²) in [6.45, 7) is 6.35. The summed E-state index contributed by atoms with van der Waals surface area (Å²) in [4.78, 5) is 14.7. The number of fused-ring (bicyclic) bond motifs is 1. The van der Waals surface area contributed by atoms with Gasteiger partial charge in [-0.1, -0.05) is 42.8 Å². The van der Waals surface area contributed by atoms with Crippen molar-refractivity contribution in [2.24, 2.45) is 5.92 Å². The minimum atomic E-state index is -0.242. The summed E-state index contributed by atoms with van der Waals surface area (Å²) in [5.74, 6) is 1.09. The zero-order valence-electron chi connectivity index (χ0n) is 16.0. The van der Waals surface area contributed by atoms with E-state index in [4.69, 9.17) is 4.74 Å². The molecule has 0 bridgehead atoms. The molecule has 2 aromatic carbocycles. The predicted octanol–water partition coefficient (Wildman–Crippen LogP) is 6.38. The van der Waals surface area contributed by atoms with Crippen LogP contribution in [0.1, 0.15) is 44.6 Å². The van der Waals surface area contributed by atoms with Crippen LogP contribution in [-0.4, -0.2) is 5.97 Å². The van der Waals surface area contributed by atoms with Crippen molar-refractivity contribution >= 4 is 17.3 Å². The van der Waals surface area contributed by atoms with Crippen molar-refractivity contribution < 1.29 is 9.53 Å². The van der Waals surface area contributed by atoms with E-state index in [1.54, 1.807) is 11.3 Å². The molecule has 0 spiro atoms. The molecule has 0 fully saturated rings. The summed E-state index contributed by atoms with van der Waals surface area (Å²) in [7, 11) is 0. The lowest BCUT2D eigenvalue weighted by molar-refractivity contribution is 0.0738. The number of ether oxygens (including phenoxy) is 1. The van der Waals surface area contributed by atoms with Gasteiger partial charge in [-0.3, -0.25) is 0 Å². The van der Waals surface area contributed by atoms with E-state index in [1.165, 1.54) is 28.0 Å². The molecule has 1 heterocycles. The number of carbonyl (C=O) groups excluding carboxylic acids is 1. The molecule has 3 heteroatoms. The quantitative estimate of drug-likeness (QED) is 0.392. The van der Waals surface area contributed by atoms with Crippen LogP contribution >= 0.6 is 11.3 Å².